The van der Waals surface area contributed by atoms with Crippen LogP contribution < -0.4 is 0 Å². The molecule has 2 rings (SSSR count). The molecule has 0 radical (unpaired) electrons. The van der Waals surface area contributed by atoms with E-state index in [4.69, 9.17) is 0 Å². The maximum atomic E-state index is 13.1. The third-order valence-electron chi connectivity index (χ3n) is 3.09. The largest absolute Gasteiger partial charge is 0.506 e. The summed E-state index contributed by atoms with van der Waals surface area (Å²) in [7, 11) is 0. The van der Waals surface area contributed by atoms with E-state index in [1.807, 2.05) is 0 Å². The van der Waals surface area contributed by atoms with Gasteiger partial charge in [-0.1, -0.05) is 25.7 Å². The van der Waals surface area contributed by atoms with Crippen LogP contribution >= 0.6 is 15.9 Å². The Morgan fingerprint density at radius 3 is 2.67 bits per heavy atom. The van der Waals surface area contributed by atoms with E-state index in [9.17, 15) is 9.50 Å². The average Bonchev–Trinajstić information content (AvgIpc) is 2.66. The van der Waals surface area contributed by atoms with Gasteiger partial charge in [0, 0.05) is 0 Å². The van der Waals surface area contributed by atoms with E-state index in [-0.39, 0.29) is 11.6 Å². The topological polar surface area (TPSA) is 20.2 Å². The van der Waals surface area contributed by atoms with Crippen LogP contribution in [0.15, 0.2) is 16.6 Å². The molecule has 1 N–H and O–H groups in total. The van der Waals surface area contributed by atoms with Crippen LogP contribution in [0, 0.1) is 11.7 Å². The lowest BCUT2D eigenvalue weighted by molar-refractivity contribution is 0.449. The third-order valence-corrected chi connectivity index (χ3v) is 3.69. The molecule has 3 heteroatoms. The fourth-order valence-electron chi connectivity index (χ4n) is 2.30. The first-order chi connectivity index (χ1) is 7.16. The normalized spacial score (nSPS) is 17.2. The van der Waals surface area contributed by atoms with E-state index >= 15 is 0 Å². The molecule has 0 spiro atoms. The fourth-order valence-corrected chi connectivity index (χ4v) is 2.77. The van der Waals surface area contributed by atoms with Crippen LogP contribution in [0.25, 0.3) is 0 Å². The van der Waals surface area contributed by atoms with Gasteiger partial charge in [-0.05, 0) is 46.0 Å². The zero-order valence-corrected chi connectivity index (χ0v) is 10.1. The highest BCUT2D eigenvalue weighted by atomic mass is 79.9. The van der Waals surface area contributed by atoms with Gasteiger partial charge in [0.25, 0.3) is 0 Å². The molecule has 15 heavy (non-hydrogen) atoms. The van der Waals surface area contributed by atoms with E-state index < -0.39 is 0 Å². The molecule has 1 fully saturated rings. The van der Waals surface area contributed by atoms with E-state index in [0.29, 0.717) is 10.4 Å². The summed E-state index contributed by atoms with van der Waals surface area (Å²) < 4.78 is 13.6. The number of hydrogen-bond donors (Lipinski definition) is 1. The molecule has 1 aliphatic carbocycles. The second kappa shape index (κ2) is 4.52. The van der Waals surface area contributed by atoms with E-state index in [2.05, 4.69) is 15.9 Å². The van der Waals surface area contributed by atoms with E-state index in [1.54, 1.807) is 0 Å². The minimum Gasteiger partial charge on any atom is -0.506 e. The summed E-state index contributed by atoms with van der Waals surface area (Å²) in [5.74, 6) is 0.528. The Labute approximate surface area is 97.4 Å². The van der Waals surface area contributed by atoms with Gasteiger partial charge in [-0.15, -0.1) is 0 Å². The van der Waals surface area contributed by atoms with Crippen LogP contribution in [0.2, 0.25) is 0 Å². The lowest BCUT2D eigenvalue weighted by Gasteiger charge is -2.11. The first-order valence-corrected chi connectivity index (χ1v) is 6.13. The predicted octanol–water partition coefficient (Wildman–Crippen LogP) is 4.03. The molecule has 0 bridgehead atoms. The Kier molecular flexibility index (Phi) is 3.29. The zero-order chi connectivity index (χ0) is 10.8. The number of hydrogen-bond acceptors (Lipinski definition) is 1. The fraction of sp³-hybridized carbons (Fsp3) is 0.500. The Hall–Kier alpha value is -0.570. The highest BCUT2D eigenvalue weighted by Crippen LogP contribution is 2.34. The molecule has 0 heterocycles. The minimum absolute atomic E-state index is 0.198. The van der Waals surface area contributed by atoms with Crippen LogP contribution in [0.3, 0.4) is 0 Å². The molecule has 1 saturated carbocycles. The van der Waals surface area contributed by atoms with Crippen LogP contribution in [0.4, 0.5) is 4.39 Å². The van der Waals surface area contributed by atoms with Crippen molar-refractivity contribution in [3.8, 4) is 5.75 Å². The number of aromatic hydroxyl groups is 1. The smallest absolute Gasteiger partial charge is 0.133 e. The molecule has 1 aliphatic rings. The van der Waals surface area contributed by atoms with Crippen molar-refractivity contribution in [1.82, 2.24) is 0 Å². The van der Waals surface area contributed by atoms with Crippen molar-refractivity contribution in [2.75, 3.05) is 0 Å². The van der Waals surface area contributed by atoms with Crippen LogP contribution in [0.1, 0.15) is 31.2 Å². The summed E-state index contributed by atoms with van der Waals surface area (Å²) in [5, 5.41) is 9.77. The molecule has 1 nitrogen and oxygen atoms in total. The van der Waals surface area contributed by atoms with Gasteiger partial charge in [-0.2, -0.15) is 0 Å². The molecule has 1 aromatic carbocycles. The number of benzene rings is 1. The van der Waals surface area contributed by atoms with Crippen molar-refractivity contribution in [3.05, 3.63) is 28.0 Å². The van der Waals surface area contributed by atoms with Crippen molar-refractivity contribution in [2.45, 2.75) is 32.1 Å². The monoisotopic (exact) mass is 272 g/mol. The van der Waals surface area contributed by atoms with Gasteiger partial charge >= 0.3 is 0 Å². The van der Waals surface area contributed by atoms with Gasteiger partial charge in [0.1, 0.15) is 11.6 Å². The molecule has 0 aliphatic heterocycles. The molecule has 0 atom stereocenters. The van der Waals surface area contributed by atoms with Gasteiger partial charge in [0.2, 0.25) is 0 Å². The van der Waals surface area contributed by atoms with Gasteiger partial charge < -0.3 is 5.11 Å². The van der Waals surface area contributed by atoms with E-state index in [1.165, 1.54) is 37.8 Å². The van der Waals surface area contributed by atoms with Crippen molar-refractivity contribution < 1.29 is 9.50 Å². The van der Waals surface area contributed by atoms with Crippen molar-refractivity contribution in [3.63, 3.8) is 0 Å². The lowest BCUT2D eigenvalue weighted by Crippen LogP contribution is -1.99. The van der Waals surface area contributed by atoms with Crippen molar-refractivity contribution in [1.29, 1.82) is 0 Å². The summed E-state index contributed by atoms with van der Waals surface area (Å²) in [6.45, 7) is 0. The molecule has 0 amide bonds. The highest BCUT2D eigenvalue weighted by molar-refractivity contribution is 9.10. The van der Waals surface area contributed by atoms with Crippen LogP contribution in [0.5, 0.6) is 5.75 Å². The third kappa shape index (κ3) is 2.51. The van der Waals surface area contributed by atoms with E-state index in [0.717, 1.165) is 12.0 Å². The van der Waals surface area contributed by atoms with Gasteiger partial charge in [-0.3, -0.25) is 0 Å². The number of phenolic OH excluding ortho intramolecular Hbond substituents is 1. The minimum atomic E-state index is -0.285. The summed E-state index contributed by atoms with van der Waals surface area (Å²) in [6, 6.07) is 2.74. The summed E-state index contributed by atoms with van der Waals surface area (Å²) in [6.07, 6.45) is 5.73. The zero-order valence-electron chi connectivity index (χ0n) is 8.47. The molecule has 0 saturated heterocycles. The van der Waals surface area contributed by atoms with Crippen molar-refractivity contribution >= 4 is 15.9 Å². The first kappa shape index (κ1) is 10.9. The first-order valence-electron chi connectivity index (χ1n) is 5.33. The SMILES string of the molecule is Oc1c(Br)cc(F)cc1CC1CCCC1. The maximum Gasteiger partial charge on any atom is 0.133 e. The highest BCUT2D eigenvalue weighted by Gasteiger charge is 2.18. The molecule has 82 valence electrons. The number of rotatable bonds is 2. The molecular weight excluding hydrogens is 259 g/mol. The molecule has 1 aromatic rings. The second-order valence-corrected chi connectivity index (χ2v) is 5.10. The maximum absolute atomic E-state index is 13.1. The van der Waals surface area contributed by atoms with Crippen molar-refractivity contribution in [2.24, 2.45) is 5.92 Å². The molecule has 0 unspecified atom stereocenters. The standard InChI is InChI=1S/C12H14BrFO/c13-11-7-10(14)6-9(12(11)15)5-8-3-1-2-4-8/h6-8,15H,1-5H2. The number of halogens is 2. The van der Waals surface area contributed by atoms with Gasteiger partial charge in [-0.25, -0.2) is 4.39 Å². The summed E-state index contributed by atoms with van der Waals surface area (Å²) in [4.78, 5) is 0. The average molecular weight is 273 g/mol. The summed E-state index contributed by atoms with van der Waals surface area (Å²) in [5.41, 5.74) is 0.730. The molecular formula is C12H14BrFO. The van der Waals surface area contributed by atoms with Crippen LogP contribution in [-0.2, 0) is 6.42 Å². The number of phenols is 1. The van der Waals surface area contributed by atoms with Crippen LogP contribution in [-0.4, -0.2) is 5.11 Å². The summed E-state index contributed by atoms with van der Waals surface area (Å²) >= 11 is 3.16. The second-order valence-electron chi connectivity index (χ2n) is 4.25. The van der Waals surface area contributed by atoms with Gasteiger partial charge in [0.15, 0.2) is 0 Å². The predicted molar refractivity (Wildman–Crippen MR) is 61.4 cm³/mol. The lowest BCUT2D eigenvalue weighted by atomic mass is 9.97. The Balaban J connectivity index is 2.19. The quantitative estimate of drug-likeness (QED) is 0.862. The molecule has 0 aromatic heterocycles. The Morgan fingerprint density at radius 2 is 2.00 bits per heavy atom. The Bertz CT molecular complexity index is 359. The Morgan fingerprint density at radius 1 is 1.33 bits per heavy atom. The van der Waals surface area contributed by atoms with Gasteiger partial charge in [0.05, 0.1) is 4.47 Å².